The van der Waals surface area contributed by atoms with Crippen LogP contribution >= 0.6 is 23.2 Å². The molecule has 4 rings (SSSR count). The van der Waals surface area contributed by atoms with Crippen LogP contribution in [0.2, 0.25) is 10.0 Å². The van der Waals surface area contributed by atoms with Gasteiger partial charge in [-0.1, -0.05) is 59.6 Å². The molecule has 0 saturated carbocycles. The van der Waals surface area contributed by atoms with Crippen LogP contribution in [0.4, 0.5) is 10.1 Å². The fourth-order valence-corrected chi connectivity index (χ4v) is 4.89. The maximum absolute atomic E-state index is 14.8. The largest absolute Gasteiger partial charge is 0.280 e. The minimum Gasteiger partial charge on any atom is -0.280 e. The summed E-state index contributed by atoms with van der Waals surface area (Å²) >= 11 is 11.9. The number of sulfonamides is 1. The zero-order valence-corrected chi connectivity index (χ0v) is 17.5. The van der Waals surface area contributed by atoms with E-state index in [0.29, 0.717) is 12.1 Å². The van der Waals surface area contributed by atoms with E-state index in [1.54, 1.807) is 0 Å². The molecule has 4 aromatic rings. The summed E-state index contributed by atoms with van der Waals surface area (Å²) in [5.41, 5.74) is 0.375. The van der Waals surface area contributed by atoms with Crippen LogP contribution < -0.4 is 10.3 Å². The summed E-state index contributed by atoms with van der Waals surface area (Å²) in [6.45, 7) is 0.322. The first-order valence-corrected chi connectivity index (χ1v) is 10.9. The average Bonchev–Trinajstić information content (AvgIpc) is 2.99. The van der Waals surface area contributed by atoms with Crippen molar-refractivity contribution in [3.8, 4) is 0 Å². The van der Waals surface area contributed by atoms with Crippen molar-refractivity contribution in [3.05, 3.63) is 92.4 Å². The predicted octanol–water partition coefficient (Wildman–Crippen LogP) is 4.62. The normalized spacial score (nSPS) is 11.7. The van der Waals surface area contributed by atoms with E-state index < -0.39 is 21.4 Å². The molecule has 30 heavy (non-hydrogen) atoms. The number of fused-ring (bicyclic) bond motifs is 1. The number of anilines is 1. The van der Waals surface area contributed by atoms with E-state index in [9.17, 15) is 17.6 Å². The van der Waals surface area contributed by atoms with Crippen LogP contribution in [-0.4, -0.2) is 18.2 Å². The molecular formula is C20H14Cl2FN3O3S. The highest BCUT2D eigenvalue weighted by Gasteiger charge is 2.22. The Bertz CT molecular complexity index is 1420. The van der Waals surface area contributed by atoms with Crippen LogP contribution in [-0.2, 0) is 16.6 Å². The summed E-state index contributed by atoms with van der Waals surface area (Å²) in [7, 11) is -4.24. The van der Waals surface area contributed by atoms with Crippen LogP contribution in [0, 0.1) is 5.82 Å². The van der Waals surface area contributed by atoms with E-state index in [-0.39, 0.29) is 26.0 Å². The van der Waals surface area contributed by atoms with Gasteiger partial charge >= 0.3 is 0 Å². The first-order chi connectivity index (χ1) is 14.3. The van der Waals surface area contributed by atoms with Crippen molar-refractivity contribution in [2.24, 2.45) is 0 Å². The number of aromatic amines is 1. The van der Waals surface area contributed by atoms with Gasteiger partial charge in [0.25, 0.3) is 15.6 Å². The second-order valence-corrected chi connectivity index (χ2v) is 8.96. The van der Waals surface area contributed by atoms with Gasteiger partial charge in [0.05, 0.1) is 33.2 Å². The highest BCUT2D eigenvalue weighted by Crippen LogP contribution is 2.31. The van der Waals surface area contributed by atoms with Crippen LogP contribution in [0.25, 0.3) is 10.9 Å². The number of benzene rings is 3. The molecular weight excluding hydrogens is 452 g/mol. The van der Waals surface area contributed by atoms with Crippen molar-refractivity contribution in [2.45, 2.75) is 11.4 Å². The summed E-state index contributed by atoms with van der Waals surface area (Å²) in [4.78, 5) is 12.1. The van der Waals surface area contributed by atoms with Gasteiger partial charge in [-0.05, 0) is 23.8 Å². The Morgan fingerprint density at radius 1 is 1.03 bits per heavy atom. The van der Waals surface area contributed by atoms with Crippen molar-refractivity contribution in [1.29, 1.82) is 0 Å². The third-order valence-corrected chi connectivity index (χ3v) is 6.83. The van der Waals surface area contributed by atoms with Gasteiger partial charge in [-0.25, -0.2) is 12.8 Å². The first-order valence-electron chi connectivity index (χ1n) is 8.69. The van der Waals surface area contributed by atoms with Gasteiger partial charge in [-0.2, -0.15) is 0 Å². The van der Waals surface area contributed by atoms with Gasteiger partial charge in [0.2, 0.25) is 0 Å². The van der Waals surface area contributed by atoms with E-state index in [0.717, 1.165) is 17.7 Å². The van der Waals surface area contributed by atoms with Gasteiger partial charge in [0.15, 0.2) is 0 Å². The number of aromatic nitrogens is 2. The molecule has 1 heterocycles. The average molecular weight is 466 g/mol. The summed E-state index contributed by atoms with van der Waals surface area (Å²) < 4.78 is 43.8. The molecule has 0 fully saturated rings. The minimum absolute atomic E-state index is 0.0462. The molecule has 0 aliphatic carbocycles. The second kappa shape index (κ2) is 7.79. The van der Waals surface area contributed by atoms with Gasteiger partial charge in [0.1, 0.15) is 10.7 Å². The summed E-state index contributed by atoms with van der Waals surface area (Å²) in [6.07, 6.45) is 0. The molecule has 0 atom stereocenters. The maximum Gasteiger partial charge on any atom is 0.272 e. The molecule has 0 spiro atoms. The summed E-state index contributed by atoms with van der Waals surface area (Å²) in [5, 5.41) is 2.65. The molecule has 154 valence electrons. The Morgan fingerprint density at radius 2 is 1.77 bits per heavy atom. The molecule has 1 aromatic heterocycles. The number of halogens is 3. The minimum atomic E-state index is -4.24. The molecule has 6 nitrogen and oxygen atoms in total. The molecule has 0 bridgehead atoms. The molecule has 0 radical (unpaired) electrons. The molecule has 0 unspecified atom stereocenters. The van der Waals surface area contributed by atoms with Crippen LogP contribution in [0.5, 0.6) is 0 Å². The lowest BCUT2D eigenvalue weighted by Gasteiger charge is -2.11. The van der Waals surface area contributed by atoms with Gasteiger partial charge < -0.3 is 0 Å². The Morgan fingerprint density at radius 3 is 2.50 bits per heavy atom. The third kappa shape index (κ3) is 3.81. The number of hydrogen-bond donors (Lipinski definition) is 2. The monoisotopic (exact) mass is 465 g/mol. The van der Waals surface area contributed by atoms with Crippen molar-refractivity contribution < 1.29 is 12.8 Å². The number of hydrogen-bond acceptors (Lipinski definition) is 3. The number of rotatable bonds is 5. The smallest absolute Gasteiger partial charge is 0.272 e. The van der Waals surface area contributed by atoms with Crippen molar-refractivity contribution in [1.82, 2.24) is 9.78 Å². The van der Waals surface area contributed by atoms with Gasteiger partial charge in [-0.15, -0.1) is 0 Å². The van der Waals surface area contributed by atoms with Crippen molar-refractivity contribution >= 4 is 49.8 Å². The van der Waals surface area contributed by atoms with Crippen molar-refractivity contribution in [3.63, 3.8) is 0 Å². The lowest BCUT2D eigenvalue weighted by Crippen LogP contribution is -2.15. The topological polar surface area (TPSA) is 84.0 Å². The fraction of sp³-hybridized carbons (Fsp3) is 0.0500. The highest BCUT2D eigenvalue weighted by molar-refractivity contribution is 7.92. The van der Waals surface area contributed by atoms with Crippen LogP contribution in [0.3, 0.4) is 0 Å². The Hall–Kier alpha value is -2.81. The number of nitrogens with zero attached hydrogens (tertiary/aromatic N) is 1. The Kier molecular flexibility index (Phi) is 5.31. The molecule has 3 aromatic carbocycles. The summed E-state index contributed by atoms with van der Waals surface area (Å²) in [6, 6.07) is 15.7. The van der Waals surface area contributed by atoms with E-state index in [2.05, 4.69) is 9.82 Å². The molecule has 0 aliphatic heterocycles. The van der Waals surface area contributed by atoms with Crippen molar-refractivity contribution in [2.75, 3.05) is 4.72 Å². The standard InChI is InChI=1S/C20H14Cl2FN3O3S/c21-14-7-4-8-18(19(14)22)30(28,29)25-16-9-13-17(10-15(16)23)26(24-20(13)27)11-12-5-2-1-3-6-12/h1-10,25H,11H2,(H,24,27). The van der Waals surface area contributed by atoms with Gasteiger partial charge in [-0.3, -0.25) is 19.3 Å². The predicted molar refractivity (Wildman–Crippen MR) is 115 cm³/mol. The van der Waals surface area contributed by atoms with Crippen LogP contribution in [0.1, 0.15) is 5.56 Å². The third-order valence-electron chi connectivity index (χ3n) is 4.49. The quantitative estimate of drug-likeness (QED) is 0.450. The second-order valence-electron chi connectivity index (χ2n) is 6.52. The van der Waals surface area contributed by atoms with E-state index >= 15 is 0 Å². The Balaban J connectivity index is 1.74. The molecule has 2 N–H and O–H groups in total. The number of H-pyrrole nitrogens is 1. The lowest BCUT2D eigenvalue weighted by molar-refractivity contribution is 0.598. The molecule has 0 aliphatic rings. The SMILES string of the molecule is O=c1[nH]n(Cc2ccccc2)c2cc(F)c(NS(=O)(=O)c3cccc(Cl)c3Cl)cc12. The van der Waals surface area contributed by atoms with Crippen LogP contribution in [0.15, 0.2) is 70.4 Å². The zero-order chi connectivity index (χ0) is 21.5. The van der Waals surface area contributed by atoms with E-state index in [4.69, 9.17) is 23.2 Å². The van der Waals surface area contributed by atoms with E-state index in [1.807, 2.05) is 30.3 Å². The lowest BCUT2D eigenvalue weighted by atomic mass is 10.2. The molecule has 10 heteroatoms. The van der Waals surface area contributed by atoms with E-state index in [1.165, 1.54) is 22.9 Å². The fourth-order valence-electron chi connectivity index (χ4n) is 3.07. The van der Waals surface area contributed by atoms with Gasteiger partial charge in [0, 0.05) is 6.07 Å². The maximum atomic E-state index is 14.8. The zero-order valence-electron chi connectivity index (χ0n) is 15.2. The summed E-state index contributed by atoms with van der Waals surface area (Å²) in [5.74, 6) is -0.843. The number of nitrogens with one attached hydrogen (secondary N) is 2. The first kappa shape index (κ1) is 20.5. The highest BCUT2D eigenvalue weighted by atomic mass is 35.5. The molecule has 0 saturated heterocycles. The Labute approximate surface area is 180 Å². The molecule has 0 amide bonds.